The lowest BCUT2D eigenvalue weighted by Crippen LogP contribution is -2.34. The molecule has 90 valence electrons. The van der Waals surface area contributed by atoms with Gasteiger partial charge in [0.15, 0.2) is 0 Å². The maximum atomic E-state index is 12.0. The van der Waals surface area contributed by atoms with Gasteiger partial charge in [0.2, 0.25) is 5.91 Å². The highest BCUT2D eigenvalue weighted by atomic mass is 16.2. The van der Waals surface area contributed by atoms with Crippen molar-refractivity contribution >= 4 is 11.7 Å². The molecule has 0 aliphatic carbocycles. The van der Waals surface area contributed by atoms with Gasteiger partial charge in [-0.05, 0) is 31.4 Å². The SMILES string of the molecule is CCC(C#N)(CC)C(=O)Nc1ccc(C)cn1. The lowest BCUT2D eigenvalue weighted by atomic mass is 9.83. The molecular weight excluding hydrogens is 214 g/mol. The number of rotatable bonds is 4. The third-order valence-electron chi connectivity index (χ3n) is 3.01. The molecule has 0 aromatic carbocycles. The summed E-state index contributed by atoms with van der Waals surface area (Å²) >= 11 is 0. The Hall–Kier alpha value is -1.89. The Bertz CT molecular complexity index is 427. The molecule has 0 radical (unpaired) electrons. The molecule has 1 N–H and O–H groups in total. The number of hydrogen-bond acceptors (Lipinski definition) is 3. The van der Waals surface area contributed by atoms with Crippen LogP contribution in [0.3, 0.4) is 0 Å². The summed E-state index contributed by atoms with van der Waals surface area (Å²) in [6.07, 6.45) is 2.68. The van der Waals surface area contributed by atoms with Crippen molar-refractivity contribution in [2.24, 2.45) is 5.41 Å². The fourth-order valence-corrected chi connectivity index (χ4v) is 1.56. The van der Waals surface area contributed by atoms with Crippen molar-refractivity contribution in [3.63, 3.8) is 0 Å². The summed E-state index contributed by atoms with van der Waals surface area (Å²) in [5, 5.41) is 11.8. The molecule has 17 heavy (non-hydrogen) atoms. The highest BCUT2D eigenvalue weighted by Gasteiger charge is 2.35. The Morgan fingerprint density at radius 3 is 2.53 bits per heavy atom. The van der Waals surface area contributed by atoms with E-state index in [1.807, 2.05) is 26.8 Å². The summed E-state index contributed by atoms with van der Waals surface area (Å²) in [6.45, 7) is 5.61. The molecule has 1 heterocycles. The maximum absolute atomic E-state index is 12.0. The van der Waals surface area contributed by atoms with Crippen LogP contribution in [0.25, 0.3) is 0 Å². The number of amides is 1. The maximum Gasteiger partial charge on any atom is 0.245 e. The van der Waals surface area contributed by atoms with E-state index in [9.17, 15) is 4.79 Å². The van der Waals surface area contributed by atoms with E-state index in [4.69, 9.17) is 5.26 Å². The average Bonchev–Trinajstić information content (AvgIpc) is 2.35. The van der Waals surface area contributed by atoms with E-state index in [2.05, 4.69) is 16.4 Å². The zero-order chi connectivity index (χ0) is 12.9. The summed E-state index contributed by atoms with van der Waals surface area (Å²) in [5.74, 6) is 0.212. The van der Waals surface area contributed by atoms with E-state index < -0.39 is 5.41 Å². The van der Waals surface area contributed by atoms with E-state index >= 15 is 0 Å². The fraction of sp³-hybridized carbons (Fsp3) is 0.462. The largest absolute Gasteiger partial charge is 0.309 e. The van der Waals surface area contributed by atoms with Gasteiger partial charge in [-0.1, -0.05) is 19.9 Å². The number of nitrogens with one attached hydrogen (secondary N) is 1. The highest BCUT2D eigenvalue weighted by Crippen LogP contribution is 2.26. The molecule has 0 aliphatic heterocycles. The quantitative estimate of drug-likeness (QED) is 0.866. The zero-order valence-electron chi connectivity index (χ0n) is 10.4. The summed E-state index contributed by atoms with van der Waals surface area (Å²) in [6, 6.07) is 5.71. The minimum absolute atomic E-state index is 0.277. The summed E-state index contributed by atoms with van der Waals surface area (Å²) in [7, 11) is 0. The molecule has 4 heteroatoms. The topological polar surface area (TPSA) is 65.8 Å². The molecule has 1 aromatic rings. The first-order chi connectivity index (χ1) is 8.07. The van der Waals surface area contributed by atoms with Crippen LogP contribution in [0.4, 0.5) is 5.82 Å². The lowest BCUT2D eigenvalue weighted by molar-refractivity contribution is -0.123. The van der Waals surface area contributed by atoms with Gasteiger partial charge >= 0.3 is 0 Å². The number of anilines is 1. The van der Waals surface area contributed by atoms with Gasteiger partial charge in [-0.15, -0.1) is 0 Å². The van der Waals surface area contributed by atoms with E-state index in [0.29, 0.717) is 18.7 Å². The molecule has 0 atom stereocenters. The monoisotopic (exact) mass is 231 g/mol. The second kappa shape index (κ2) is 5.44. The Morgan fingerprint density at radius 2 is 2.12 bits per heavy atom. The van der Waals surface area contributed by atoms with Crippen LogP contribution in [-0.2, 0) is 4.79 Å². The molecular formula is C13H17N3O. The van der Waals surface area contributed by atoms with Gasteiger partial charge < -0.3 is 5.32 Å². The highest BCUT2D eigenvalue weighted by molar-refractivity contribution is 5.96. The molecule has 0 bridgehead atoms. The normalized spacial score (nSPS) is 10.7. The van der Waals surface area contributed by atoms with Gasteiger partial charge in [-0.3, -0.25) is 4.79 Å². The number of carbonyl (C=O) groups excluding carboxylic acids is 1. The molecule has 1 aromatic heterocycles. The van der Waals surface area contributed by atoms with Gasteiger partial charge in [0.05, 0.1) is 6.07 Å². The third-order valence-corrected chi connectivity index (χ3v) is 3.01. The standard InChI is InChI=1S/C13H17N3O/c1-4-13(5-2,9-14)12(17)16-11-7-6-10(3)8-15-11/h6-8H,4-5H2,1-3H3,(H,15,16,17). The summed E-state index contributed by atoms with van der Waals surface area (Å²) < 4.78 is 0. The predicted octanol–water partition coefficient (Wildman–Crippen LogP) is 2.66. The van der Waals surface area contributed by atoms with E-state index in [-0.39, 0.29) is 5.91 Å². The zero-order valence-corrected chi connectivity index (χ0v) is 10.4. The van der Waals surface area contributed by atoms with E-state index in [1.54, 1.807) is 12.3 Å². The predicted molar refractivity (Wildman–Crippen MR) is 66.2 cm³/mol. The molecule has 0 unspecified atom stereocenters. The van der Waals surface area contributed by atoms with Crippen molar-refractivity contribution in [1.29, 1.82) is 5.26 Å². The van der Waals surface area contributed by atoms with E-state index in [1.165, 1.54) is 0 Å². The van der Waals surface area contributed by atoms with Gasteiger partial charge in [0, 0.05) is 6.20 Å². The number of aryl methyl sites for hydroxylation is 1. The van der Waals surface area contributed by atoms with Crippen molar-refractivity contribution in [3.05, 3.63) is 23.9 Å². The van der Waals surface area contributed by atoms with Crippen LogP contribution < -0.4 is 5.32 Å². The van der Waals surface area contributed by atoms with Crippen LogP contribution in [0.5, 0.6) is 0 Å². The van der Waals surface area contributed by atoms with Crippen LogP contribution in [-0.4, -0.2) is 10.9 Å². The minimum Gasteiger partial charge on any atom is -0.309 e. The van der Waals surface area contributed by atoms with Gasteiger partial charge in [0.1, 0.15) is 11.2 Å². The first-order valence-electron chi connectivity index (χ1n) is 5.73. The Labute approximate surface area is 102 Å². The molecule has 0 fully saturated rings. The lowest BCUT2D eigenvalue weighted by Gasteiger charge is -2.21. The first-order valence-corrected chi connectivity index (χ1v) is 5.73. The summed E-state index contributed by atoms with van der Waals surface area (Å²) in [4.78, 5) is 16.1. The van der Waals surface area contributed by atoms with Crippen LogP contribution in [0.1, 0.15) is 32.3 Å². The van der Waals surface area contributed by atoms with Gasteiger partial charge in [0.25, 0.3) is 0 Å². The van der Waals surface area contributed by atoms with Crippen LogP contribution in [0.2, 0.25) is 0 Å². The molecule has 1 rings (SSSR count). The van der Waals surface area contributed by atoms with Crippen LogP contribution in [0.15, 0.2) is 18.3 Å². The smallest absolute Gasteiger partial charge is 0.245 e. The van der Waals surface area contributed by atoms with E-state index in [0.717, 1.165) is 5.56 Å². The Morgan fingerprint density at radius 1 is 1.47 bits per heavy atom. The Kier molecular flexibility index (Phi) is 4.22. The van der Waals surface area contributed by atoms with Crippen molar-refractivity contribution in [2.45, 2.75) is 33.6 Å². The molecule has 0 aliphatic rings. The number of pyridine rings is 1. The third kappa shape index (κ3) is 2.82. The van der Waals surface area contributed by atoms with Crippen molar-refractivity contribution in [1.82, 2.24) is 4.98 Å². The molecule has 0 spiro atoms. The van der Waals surface area contributed by atoms with Gasteiger partial charge in [-0.2, -0.15) is 5.26 Å². The Balaban J connectivity index is 2.85. The summed E-state index contributed by atoms with van der Waals surface area (Å²) in [5.41, 5.74) is 0.0764. The molecule has 1 amide bonds. The first kappa shape index (κ1) is 13.2. The van der Waals surface area contributed by atoms with Crippen molar-refractivity contribution in [3.8, 4) is 6.07 Å². The van der Waals surface area contributed by atoms with Crippen molar-refractivity contribution in [2.75, 3.05) is 5.32 Å². The average molecular weight is 231 g/mol. The number of hydrogen-bond donors (Lipinski definition) is 1. The molecule has 0 saturated carbocycles. The van der Waals surface area contributed by atoms with Gasteiger partial charge in [-0.25, -0.2) is 4.98 Å². The fourth-order valence-electron chi connectivity index (χ4n) is 1.56. The van der Waals surface area contributed by atoms with Crippen molar-refractivity contribution < 1.29 is 4.79 Å². The molecule has 4 nitrogen and oxygen atoms in total. The number of nitriles is 1. The molecule has 0 saturated heterocycles. The number of nitrogens with zero attached hydrogens (tertiary/aromatic N) is 2. The second-order valence-corrected chi connectivity index (χ2v) is 4.08. The van der Waals surface area contributed by atoms with Crippen LogP contribution >= 0.6 is 0 Å². The second-order valence-electron chi connectivity index (χ2n) is 4.08. The number of aromatic nitrogens is 1. The number of carbonyl (C=O) groups is 1. The minimum atomic E-state index is -0.952. The van der Waals surface area contributed by atoms with Crippen LogP contribution in [0, 0.1) is 23.7 Å².